The number of rotatable bonds is 7. The Bertz CT molecular complexity index is 1010. The van der Waals surface area contributed by atoms with Crippen molar-refractivity contribution < 1.29 is 9.21 Å². The Kier molecular flexibility index (Phi) is 6.07. The van der Waals surface area contributed by atoms with E-state index in [-0.39, 0.29) is 11.9 Å². The summed E-state index contributed by atoms with van der Waals surface area (Å²) in [7, 11) is 0. The van der Waals surface area contributed by atoms with Gasteiger partial charge in [0.25, 0.3) is 5.91 Å². The lowest BCUT2D eigenvalue weighted by molar-refractivity contribution is 0.0913. The smallest absolute Gasteiger partial charge is 0.287 e. The minimum Gasteiger partial charge on any atom is -0.455 e. The molecule has 4 nitrogen and oxygen atoms in total. The SMILES string of the molecule is O=C(N[C@H](c1ccccc1)c1ccccn1)c1ccc(CSc2ccccc2)o1. The van der Waals surface area contributed by atoms with Gasteiger partial charge in [-0.3, -0.25) is 9.78 Å². The highest BCUT2D eigenvalue weighted by atomic mass is 32.2. The zero-order valence-electron chi connectivity index (χ0n) is 15.7. The van der Waals surface area contributed by atoms with E-state index in [0.29, 0.717) is 11.5 Å². The van der Waals surface area contributed by atoms with Crippen LogP contribution in [0.5, 0.6) is 0 Å². The van der Waals surface area contributed by atoms with E-state index in [9.17, 15) is 4.79 Å². The van der Waals surface area contributed by atoms with Crippen LogP contribution in [0.4, 0.5) is 0 Å². The molecule has 0 radical (unpaired) electrons. The molecule has 0 aliphatic carbocycles. The maximum absolute atomic E-state index is 12.8. The molecule has 0 spiro atoms. The van der Waals surface area contributed by atoms with Crippen molar-refractivity contribution in [3.63, 3.8) is 0 Å². The van der Waals surface area contributed by atoms with Crippen LogP contribution in [0.15, 0.2) is 107 Å². The van der Waals surface area contributed by atoms with E-state index in [2.05, 4.69) is 22.4 Å². The van der Waals surface area contributed by atoms with Gasteiger partial charge in [-0.05, 0) is 42.0 Å². The number of carbonyl (C=O) groups excluding carboxylic acids is 1. The Morgan fingerprint density at radius 1 is 0.897 bits per heavy atom. The third-order valence-electron chi connectivity index (χ3n) is 4.40. The van der Waals surface area contributed by atoms with Gasteiger partial charge in [0.1, 0.15) is 5.76 Å². The summed E-state index contributed by atoms with van der Waals surface area (Å²) in [6, 6.07) is 28.8. The van der Waals surface area contributed by atoms with E-state index in [0.717, 1.165) is 21.9 Å². The van der Waals surface area contributed by atoms with Gasteiger partial charge in [0.15, 0.2) is 5.76 Å². The highest BCUT2D eigenvalue weighted by molar-refractivity contribution is 7.98. The number of aromatic nitrogens is 1. The number of hydrogen-bond donors (Lipinski definition) is 1. The number of thioether (sulfide) groups is 1. The lowest BCUT2D eigenvalue weighted by atomic mass is 10.0. The molecule has 144 valence electrons. The van der Waals surface area contributed by atoms with E-state index >= 15 is 0 Å². The summed E-state index contributed by atoms with van der Waals surface area (Å²) < 4.78 is 5.79. The van der Waals surface area contributed by atoms with E-state index in [1.165, 1.54) is 0 Å². The maximum atomic E-state index is 12.8. The van der Waals surface area contributed by atoms with Crippen molar-refractivity contribution in [2.75, 3.05) is 0 Å². The Hall–Kier alpha value is -3.31. The van der Waals surface area contributed by atoms with Crippen molar-refractivity contribution in [1.82, 2.24) is 10.3 Å². The summed E-state index contributed by atoms with van der Waals surface area (Å²) in [5.74, 6) is 1.46. The lowest BCUT2D eigenvalue weighted by Crippen LogP contribution is -2.29. The summed E-state index contributed by atoms with van der Waals surface area (Å²) in [6.45, 7) is 0. The summed E-state index contributed by atoms with van der Waals surface area (Å²) in [5, 5.41) is 3.05. The number of furan rings is 1. The molecule has 5 heteroatoms. The fraction of sp³-hybridized carbons (Fsp3) is 0.0833. The fourth-order valence-electron chi connectivity index (χ4n) is 2.97. The molecular weight excluding hydrogens is 380 g/mol. The maximum Gasteiger partial charge on any atom is 0.287 e. The zero-order valence-corrected chi connectivity index (χ0v) is 16.5. The zero-order chi connectivity index (χ0) is 19.9. The van der Waals surface area contributed by atoms with Crippen LogP contribution < -0.4 is 5.32 Å². The largest absolute Gasteiger partial charge is 0.455 e. The first-order valence-electron chi connectivity index (χ1n) is 9.33. The Morgan fingerprint density at radius 3 is 2.34 bits per heavy atom. The van der Waals surface area contributed by atoms with E-state index < -0.39 is 0 Å². The topological polar surface area (TPSA) is 55.1 Å². The van der Waals surface area contributed by atoms with Crippen LogP contribution in [0.25, 0.3) is 0 Å². The van der Waals surface area contributed by atoms with Crippen LogP contribution in [0.3, 0.4) is 0 Å². The Balaban J connectivity index is 1.47. The van der Waals surface area contributed by atoms with Gasteiger partial charge in [0.2, 0.25) is 0 Å². The van der Waals surface area contributed by atoms with E-state index in [1.807, 2.05) is 72.8 Å². The molecule has 1 N–H and O–H groups in total. The minimum atomic E-state index is -0.350. The number of carbonyl (C=O) groups is 1. The van der Waals surface area contributed by atoms with Gasteiger partial charge in [0.05, 0.1) is 17.5 Å². The molecule has 4 rings (SSSR count). The number of pyridine rings is 1. The third-order valence-corrected chi connectivity index (χ3v) is 5.44. The predicted molar refractivity (Wildman–Crippen MR) is 115 cm³/mol. The van der Waals surface area contributed by atoms with Crippen LogP contribution in [-0.4, -0.2) is 10.9 Å². The average Bonchev–Trinajstić information content (AvgIpc) is 3.27. The van der Waals surface area contributed by atoms with Crippen LogP contribution in [0.2, 0.25) is 0 Å². The molecule has 2 aromatic carbocycles. The Labute approximate surface area is 174 Å². The van der Waals surface area contributed by atoms with Gasteiger partial charge in [0, 0.05) is 11.1 Å². The third kappa shape index (κ3) is 4.95. The molecule has 0 bridgehead atoms. The van der Waals surface area contributed by atoms with Crippen molar-refractivity contribution in [1.29, 1.82) is 0 Å². The normalized spacial score (nSPS) is 11.7. The second kappa shape index (κ2) is 9.26. The number of nitrogens with zero attached hydrogens (tertiary/aromatic N) is 1. The molecule has 2 aromatic heterocycles. The number of hydrogen-bond acceptors (Lipinski definition) is 4. The van der Waals surface area contributed by atoms with Gasteiger partial charge < -0.3 is 9.73 Å². The first kappa shape index (κ1) is 19.0. The molecule has 29 heavy (non-hydrogen) atoms. The fourth-order valence-corrected chi connectivity index (χ4v) is 3.78. The molecule has 1 atom stereocenters. The molecular formula is C24H20N2O2S. The molecule has 0 fully saturated rings. The van der Waals surface area contributed by atoms with Crippen molar-refractivity contribution in [2.45, 2.75) is 16.7 Å². The monoisotopic (exact) mass is 400 g/mol. The Morgan fingerprint density at radius 2 is 1.62 bits per heavy atom. The summed E-state index contributed by atoms with van der Waals surface area (Å²) in [5.41, 5.74) is 1.74. The first-order valence-corrected chi connectivity index (χ1v) is 10.3. The average molecular weight is 401 g/mol. The second-order valence-electron chi connectivity index (χ2n) is 6.44. The van der Waals surface area contributed by atoms with E-state index in [1.54, 1.807) is 24.0 Å². The first-order chi connectivity index (χ1) is 14.3. The summed E-state index contributed by atoms with van der Waals surface area (Å²) >= 11 is 1.67. The van der Waals surface area contributed by atoms with Crippen molar-refractivity contribution in [3.05, 3.63) is 120 Å². The molecule has 0 aliphatic heterocycles. The minimum absolute atomic E-state index is 0.263. The van der Waals surface area contributed by atoms with Crippen molar-refractivity contribution in [3.8, 4) is 0 Å². The van der Waals surface area contributed by atoms with Crippen LogP contribution in [-0.2, 0) is 5.75 Å². The summed E-state index contributed by atoms with van der Waals surface area (Å²) in [4.78, 5) is 18.4. The number of benzene rings is 2. The van der Waals surface area contributed by atoms with Gasteiger partial charge in [-0.15, -0.1) is 11.8 Å². The molecule has 0 unspecified atom stereocenters. The van der Waals surface area contributed by atoms with Gasteiger partial charge in [-0.2, -0.15) is 0 Å². The van der Waals surface area contributed by atoms with Crippen LogP contribution in [0.1, 0.15) is 33.6 Å². The van der Waals surface area contributed by atoms with Gasteiger partial charge in [-0.25, -0.2) is 0 Å². The number of amides is 1. The molecule has 0 saturated carbocycles. The van der Waals surface area contributed by atoms with Gasteiger partial charge >= 0.3 is 0 Å². The lowest BCUT2D eigenvalue weighted by Gasteiger charge is -2.18. The van der Waals surface area contributed by atoms with Crippen molar-refractivity contribution >= 4 is 17.7 Å². The van der Waals surface area contributed by atoms with E-state index in [4.69, 9.17) is 4.42 Å². The van der Waals surface area contributed by atoms with Crippen LogP contribution in [0, 0.1) is 0 Å². The second-order valence-corrected chi connectivity index (χ2v) is 7.49. The molecule has 1 amide bonds. The highest BCUT2D eigenvalue weighted by Gasteiger charge is 2.20. The summed E-state index contributed by atoms with van der Waals surface area (Å²) in [6.07, 6.45) is 1.73. The van der Waals surface area contributed by atoms with Gasteiger partial charge in [-0.1, -0.05) is 54.6 Å². The van der Waals surface area contributed by atoms with Crippen molar-refractivity contribution in [2.24, 2.45) is 0 Å². The highest BCUT2D eigenvalue weighted by Crippen LogP contribution is 2.24. The molecule has 2 heterocycles. The standard InChI is InChI=1S/C24H20N2O2S/c27-24(22-15-14-19(28-22)17-29-20-11-5-2-6-12-20)26-23(18-9-3-1-4-10-18)21-13-7-8-16-25-21/h1-16,23H,17H2,(H,26,27)/t23-/m1/s1. The predicted octanol–water partition coefficient (Wildman–Crippen LogP) is 5.49. The molecule has 4 aromatic rings. The molecule has 0 saturated heterocycles. The van der Waals surface area contributed by atoms with Crippen LogP contribution >= 0.6 is 11.8 Å². The quantitative estimate of drug-likeness (QED) is 0.417. The molecule has 0 aliphatic rings. The number of nitrogens with one attached hydrogen (secondary N) is 1.